The summed E-state index contributed by atoms with van der Waals surface area (Å²) in [6.45, 7) is 3.65. The summed E-state index contributed by atoms with van der Waals surface area (Å²) in [6.07, 6.45) is 0. The summed E-state index contributed by atoms with van der Waals surface area (Å²) in [5, 5.41) is 2.61. The number of aryl methyl sites for hydroxylation is 2. The smallest absolute Gasteiger partial charge is 0.251 e. The van der Waals surface area contributed by atoms with E-state index < -0.39 is 11.6 Å². The van der Waals surface area contributed by atoms with E-state index in [-0.39, 0.29) is 18.0 Å². The van der Waals surface area contributed by atoms with Gasteiger partial charge in [0.15, 0.2) is 0 Å². The lowest BCUT2D eigenvalue weighted by atomic mass is 10.0. The molecule has 0 unspecified atom stereocenters. The summed E-state index contributed by atoms with van der Waals surface area (Å²) < 4.78 is 26.3. The summed E-state index contributed by atoms with van der Waals surface area (Å²) in [6, 6.07) is 6.67. The fourth-order valence-electron chi connectivity index (χ4n) is 2.05. The van der Waals surface area contributed by atoms with Crippen molar-refractivity contribution >= 4 is 11.6 Å². The molecule has 2 rings (SSSR count). The van der Waals surface area contributed by atoms with Crippen molar-refractivity contribution in [1.29, 1.82) is 0 Å². The van der Waals surface area contributed by atoms with Gasteiger partial charge in [-0.25, -0.2) is 8.78 Å². The largest absolute Gasteiger partial charge is 0.398 e. The number of anilines is 1. The molecule has 0 heterocycles. The van der Waals surface area contributed by atoms with Crippen molar-refractivity contribution in [3.8, 4) is 0 Å². The van der Waals surface area contributed by atoms with Gasteiger partial charge in [-0.15, -0.1) is 0 Å². The minimum Gasteiger partial charge on any atom is -0.398 e. The maximum atomic E-state index is 13.5. The topological polar surface area (TPSA) is 55.1 Å². The van der Waals surface area contributed by atoms with Gasteiger partial charge in [-0.05, 0) is 37.1 Å². The van der Waals surface area contributed by atoms with Crippen LogP contribution in [-0.4, -0.2) is 5.91 Å². The van der Waals surface area contributed by atoms with E-state index in [0.717, 1.165) is 23.3 Å². The molecule has 0 aliphatic rings. The Hall–Kier alpha value is -2.43. The molecule has 0 atom stereocenters. The number of carbonyl (C=O) groups excluding carboxylic acids is 1. The highest BCUT2D eigenvalue weighted by atomic mass is 19.1. The van der Waals surface area contributed by atoms with Crippen molar-refractivity contribution in [3.63, 3.8) is 0 Å². The molecule has 0 bridgehead atoms. The molecule has 0 fully saturated rings. The maximum absolute atomic E-state index is 13.5. The van der Waals surface area contributed by atoms with E-state index in [0.29, 0.717) is 11.3 Å². The van der Waals surface area contributed by atoms with Gasteiger partial charge >= 0.3 is 0 Å². The number of carbonyl (C=O) groups is 1. The van der Waals surface area contributed by atoms with Crippen LogP contribution in [0.5, 0.6) is 0 Å². The molecule has 0 saturated heterocycles. The Morgan fingerprint density at radius 3 is 2.52 bits per heavy atom. The first kappa shape index (κ1) is 15.0. The van der Waals surface area contributed by atoms with Crippen LogP contribution < -0.4 is 11.1 Å². The number of benzene rings is 2. The molecule has 0 aromatic heterocycles. The van der Waals surface area contributed by atoms with Crippen LogP contribution >= 0.6 is 0 Å². The summed E-state index contributed by atoms with van der Waals surface area (Å²) in [5.74, 6) is -1.68. The highest BCUT2D eigenvalue weighted by Crippen LogP contribution is 2.18. The molecular weight excluding hydrogens is 274 g/mol. The van der Waals surface area contributed by atoms with Crippen LogP contribution in [0.1, 0.15) is 27.0 Å². The van der Waals surface area contributed by atoms with Gasteiger partial charge in [0.25, 0.3) is 5.91 Å². The highest BCUT2D eigenvalue weighted by Gasteiger charge is 2.12. The van der Waals surface area contributed by atoms with E-state index in [1.54, 1.807) is 13.0 Å². The molecule has 0 spiro atoms. The molecule has 0 saturated carbocycles. The number of hydrogen-bond acceptors (Lipinski definition) is 2. The predicted molar refractivity (Wildman–Crippen MR) is 77.9 cm³/mol. The number of rotatable bonds is 3. The molecule has 3 N–H and O–H groups in total. The van der Waals surface area contributed by atoms with Gasteiger partial charge in [-0.1, -0.05) is 12.1 Å². The van der Waals surface area contributed by atoms with Crippen molar-refractivity contribution in [2.45, 2.75) is 20.4 Å². The van der Waals surface area contributed by atoms with Crippen LogP contribution in [0.25, 0.3) is 0 Å². The Bertz CT molecular complexity index is 699. The van der Waals surface area contributed by atoms with Crippen molar-refractivity contribution in [1.82, 2.24) is 5.32 Å². The Labute approximate surface area is 121 Å². The van der Waals surface area contributed by atoms with Gasteiger partial charge in [0.1, 0.15) is 11.6 Å². The molecule has 5 heteroatoms. The van der Waals surface area contributed by atoms with Crippen LogP contribution in [0.4, 0.5) is 14.5 Å². The first-order valence-electron chi connectivity index (χ1n) is 6.47. The van der Waals surface area contributed by atoms with E-state index in [9.17, 15) is 13.6 Å². The Kier molecular flexibility index (Phi) is 4.21. The quantitative estimate of drug-likeness (QED) is 0.853. The molecule has 3 nitrogen and oxygen atoms in total. The standard InChI is InChI=1S/C16H16F2N2O/c1-9-5-10(2)15(19)7-13(9)16(21)20-8-11-3-4-12(17)6-14(11)18/h3-7H,8,19H2,1-2H3,(H,20,21). The van der Waals surface area contributed by atoms with E-state index in [1.165, 1.54) is 6.07 Å². The van der Waals surface area contributed by atoms with E-state index in [4.69, 9.17) is 5.73 Å². The fourth-order valence-corrected chi connectivity index (χ4v) is 2.05. The van der Waals surface area contributed by atoms with Crippen molar-refractivity contribution in [2.24, 2.45) is 0 Å². The lowest BCUT2D eigenvalue weighted by molar-refractivity contribution is 0.0950. The molecule has 2 aromatic carbocycles. The monoisotopic (exact) mass is 290 g/mol. The van der Waals surface area contributed by atoms with Crippen LogP contribution in [-0.2, 0) is 6.54 Å². The number of amides is 1. The zero-order chi connectivity index (χ0) is 15.6. The van der Waals surface area contributed by atoms with Crippen molar-refractivity contribution in [3.05, 3.63) is 64.2 Å². The molecular formula is C16H16F2N2O. The molecule has 21 heavy (non-hydrogen) atoms. The van der Waals surface area contributed by atoms with Crippen LogP contribution in [0.2, 0.25) is 0 Å². The van der Waals surface area contributed by atoms with Crippen molar-refractivity contribution < 1.29 is 13.6 Å². The van der Waals surface area contributed by atoms with E-state index in [1.807, 2.05) is 13.0 Å². The third-order valence-corrected chi connectivity index (χ3v) is 3.31. The average molecular weight is 290 g/mol. The van der Waals surface area contributed by atoms with E-state index in [2.05, 4.69) is 5.32 Å². The normalized spacial score (nSPS) is 10.5. The summed E-state index contributed by atoms with van der Waals surface area (Å²) in [7, 11) is 0. The van der Waals surface area contributed by atoms with Gasteiger partial charge in [0.05, 0.1) is 0 Å². The Morgan fingerprint density at radius 2 is 1.86 bits per heavy atom. The van der Waals surface area contributed by atoms with Gasteiger partial charge in [-0.2, -0.15) is 0 Å². The Morgan fingerprint density at radius 1 is 1.14 bits per heavy atom. The summed E-state index contributed by atoms with van der Waals surface area (Å²) >= 11 is 0. The van der Waals surface area contributed by atoms with Gasteiger partial charge in [0, 0.05) is 29.4 Å². The molecule has 0 radical (unpaired) electrons. The summed E-state index contributed by atoms with van der Waals surface area (Å²) in [5.41, 5.74) is 8.68. The third-order valence-electron chi connectivity index (χ3n) is 3.31. The predicted octanol–water partition coefficient (Wildman–Crippen LogP) is 3.09. The zero-order valence-corrected chi connectivity index (χ0v) is 11.8. The second-order valence-corrected chi connectivity index (χ2v) is 4.94. The second kappa shape index (κ2) is 5.91. The van der Waals surface area contributed by atoms with Crippen molar-refractivity contribution in [2.75, 3.05) is 5.73 Å². The molecule has 110 valence electrons. The minimum absolute atomic E-state index is 0.0157. The van der Waals surface area contributed by atoms with Crippen LogP contribution in [0, 0.1) is 25.5 Å². The SMILES string of the molecule is Cc1cc(C)c(C(=O)NCc2ccc(F)cc2F)cc1N. The molecule has 0 aliphatic carbocycles. The lowest BCUT2D eigenvalue weighted by Crippen LogP contribution is -2.24. The van der Waals surface area contributed by atoms with Gasteiger partial charge < -0.3 is 11.1 Å². The number of nitrogens with two attached hydrogens (primary N) is 1. The maximum Gasteiger partial charge on any atom is 0.251 e. The van der Waals surface area contributed by atoms with Gasteiger partial charge in [-0.3, -0.25) is 4.79 Å². The highest BCUT2D eigenvalue weighted by molar-refractivity contribution is 5.96. The number of nitrogens with one attached hydrogen (secondary N) is 1. The summed E-state index contributed by atoms with van der Waals surface area (Å²) in [4.78, 5) is 12.1. The minimum atomic E-state index is -0.685. The Balaban J connectivity index is 2.13. The van der Waals surface area contributed by atoms with Crippen LogP contribution in [0.3, 0.4) is 0 Å². The molecule has 1 amide bonds. The first-order valence-corrected chi connectivity index (χ1v) is 6.47. The average Bonchev–Trinajstić information content (AvgIpc) is 2.41. The fraction of sp³-hybridized carbons (Fsp3) is 0.188. The van der Waals surface area contributed by atoms with Crippen LogP contribution in [0.15, 0.2) is 30.3 Å². The number of hydrogen-bond donors (Lipinski definition) is 2. The van der Waals surface area contributed by atoms with E-state index >= 15 is 0 Å². The number of nitrogen functional groups attached to an aromatic ring is 1. The second-order valence-electron chi connectivity index (χ2n) is 4.94. The molecule has 0 aliphatic heterocycles. The first-order chi connectivity index (χ1) is 9.88. The zero-order valence-electron chi connectivity index (χ0n) is 11.8. The molecule has 2 aromatic rings. The van der Waals surface area contributed by atoms with Gasteiger partial charge in [0.2, 0.25) is 0 Å². The lowest BCUT2D eigenvalue weighted by Gasteiger charge is -2.11. The third kappa shape index (κ3) is 3.37. The number of halogens is 2.